The first-order valence-corrected chi connectivity index (χ1v) is 9.70. The third kappa shape index (κ3) is 3.57. The second-order valence-electron chi connectivity index (χ2n) is 6.02. The molecule has 0 radical (unpaired) electrons. The van der Waals surface area contributed by atoms with Crippen molar-refractivity contribution in [2.75, 3.05) is 24.4 Å². The fraction of sp³-hybridized carbons (Fsp3) is 0.238. The molecule has 0 saturated carbocycles. The standard InChI is InChI=1S/C21H20N2O4S/c1-3-27-20(24)18(13-22)19-23(16-9-11-17(26-2)12-10-16)21(25,14-28-19)15-7-5-4-6-8-15/h4-12,25H,3,14H2,1-2H3. The number of methoxy groups -OCH3 is 1. The van der Waals surface area contributed by atoms with E-state index in [0.717, 1.165) is 0 Å². The highest BCUT2D eigenvalue weighted by Crippen LogP contribution is 2.48. The summed E-state index contributed by atoms with van der Waals surface area (Å²) >= 11 is 1.24. The molecule has 1 aliphatic rings. The molecule has 3 rings (SSSR count). The van der Waals surface area contributed by atoms with Crippen LogP contribution in [-0.4, -0.2) is 30.5 Å². The number of thioether (sulfide) groups is 1. The van der Waals surface area contributed by atoms with Crippen molar-refractivity contribution in [3.8, 4) is 11.8 Å². The normalized spacial score (nSPS) is 20.4. The lowest BCUT2D eigenvalue weighted by atomic mass is 10.0. The van der Waals surface area contributed by atoms with Crippen molar-refractivity contribution >= 4 is 23.4 Å². The number of esters is 1. The monoisotopic (exact) mass is 396 g/mol. The molecule has 2 aromatic carbocycles. The van der Waals surface area contributed by atoms with E-state index in [0.29, 0.717) is 22.0 Å². The van der Waals surface area contributed by atoms with E-state index in [-0.39, 0.29) is 17.9 Å². The maximum Gasteiger partial charge on any atom is 0.351 e. The average Bonchev–Trinajstić information content (AvgIpc) is 3.08. The van der Waals surface area contributed by atoms with E-state index in [4.69, 9.17) is 9.47 Å². The van der Waals surface area contributed by atoms with Crippen LogP contribution in [0.1, 0.15) is 12.5 Å². The molecule has 2 aromatic rings. The van der Waals surface area contributed by atoms with E-state index in [9.17, 15) is 15.2 Å². The Hall–Kier alpha value is -2.95. The molecule has 0 amide bonds. The van der Waals surface area contributed by atoms with Gasteiger partial charge in [-0.25, -0.2) is 4.79 Å². The Kier molecular flexibility index (Phi) is 5.93. The average molecular weight is 396 g/mol. The Morgan fingerprint density at radius 1 is 1.25 bits per heavy atom. The number of benzene rings is 2. The molecule has 7 heteroatoms. The third-order valence-electron chi connectivity index (χ3n) is 4.36. The first-order valence-electron chi connectivity index (χ1n) is 8.71. The van der Waals surface area contributed by atoms with Gasteiger partial charge in [-0.1, -0.05) is 30.3 Å². The second-order valence-corrected chi connectivity index (χ2v) is 6.98. The molecule has 0 bridgehead atoms. The van der Waals surface area contributed by atoms with E-state index >= 15 is 0 Å². The molecule has 6 nitrogen and oxygen atoms in total. The van der Waals surface area contributed by atoms with Crippen LogP contribution in [-0.2, 0) is 15.3 Å². The SMILES string of the molecule is CCOC(=O)C(C#N)=C1SCC(O)(c2ccccc2)N1c1ccc(OC)cc1. The van der Waals surface area contributed by atoms with E-state index in [1.54, 1.807) is 43.2 Å². The van der Waals surface area contributed by atoms with Gasteiger partial charge < -0.3 is 19.5 Å². The molecule has 1 heterocycles. The first kappa shape index (κ1) is 19.8. The number of hydrogen-bond donors (Lipinski definition) is 1. The van der Waals surface area contributed by atoms with Gasteiger partial charge in [0.25, 0.3) is 0 Å². The van der Waals surface area contributed by atoms with Crippen LogP contribution in [0.3, 0.4) is 0 Å². The molecule has 28 heavy (non-hydrogen) atoms. The van der Waals surface area contributed by atoms with Gasteiger partial charge in [-0.3, -0.25) is 0 Å². The van der Waals surface area contributed by atoms with Crippen LogP contribution in [0.5, 0.6) is 5.75 Å². The van der Waals surface area contributed by atoms with Crippen LogP contribution in [0.15, 0.2) is 65.2 Å². The number of nitriles is 1. The van der Waals surface area contributed by atoms with E-state index in [1.165, 1.54) is 11.8 Å². The van der Waals surface area contributed by atoms with Crippen molar-refractivity contribution < 1.29 is 19.4 Å². The summed E-state index contributed by atoms with van der Waals surface area (Å²) in [6.07, 6.45) is 0. The van der Waals surface area contributed by atoms with Crippen molar-refractivity contribution in [3.63, 3.8) is 0 Å². The lowest BCUT2D eigenvalue weighted by Gasteiger charge is -2.35. The van der Waals surface area contributed by atoms with Gasteiger partial charge in [0.1, 0.15) is 16.8 Å². The summed E-state index contributed by atoms with van der Waals surface area (Å²) in [5.74, 6) is 0.210. The van der Waals surface area contributed by atoms with Gasteiger partial charge in [0.15, 0.2) is 11.3 Å². The van der Waals surface area contributed by atoms with E-state index in [2.05, 4.69) is 0 Å². The highest BCUT2D eigenvalue weighted by Gasteiger charge is 2.46. The Morgan fingerprint density at radius 2 is 1.93 bits per heavy atom. The predicted molar refractivity (Wildman–Crippen MR) is 108 cm³/mol. The molecular weight excluding hydrogens is 376 g/mol. The first-order chi connectivity index (χ1) is 13.5. The van der Waals surface area contributed by atoms with E-state index < -0.39 is 11.7 Å². The third-order valence-corrected chi connectivity index (χ3v) is 5.56. The number of rotatable bonds is 5. The molecule has 0 spiro atoms. The minimum Gasteiger partial charge on any atom is -0.497 e. The van der Waals surface area contributed by atoms with Gasteiger partial charge in [0, 0.05) is 11.3 Å². The highest BCUT2D eigenvalue weighted by atomic mass is 32.2. The maximum atomic E-state index is 12.3. The van der Waals surface area contributed by atoms with Crippen LogP contribution >= 0.6 is 11.8 Å². The van der Waals surface area contributed by atoms with Crippen molar-refractivity contribution in [2.24, 2.45) is 0 Å². The number of carbonyl (C=O) groups excluding carboxylic acids is 1. The zero-order valence-corrected chi connectivity index (χ0v) is 16.4. The molecule has 1 N–H and O–H groups in total. The lowest BCUT2D eigenvalue weighted by molar-refractivity contribution is -0.138. The van der Waals surface area contributed by atoms with E-state index in [1.807, 2.05) is 36.4 Å². The fourth-order valence-corrected chi connectivity index (χ4v) is 4.31. The van der Waals surface area contributed by atoms with Crippen molar-refractivity contribution in [3.05, 3.63) is 70.8 Å². The number of carbonyl (C=O) groups is 1. The summed E-state index contributed by atoms with van der Waals surface area (Å²) in [5.41, 5.74) is -0.266. The summed E-state index contributed by atoms with van der Waals surface area (Å²) in [4.78, 5) is 14.0. The molecule has 1 atom stereocenters. The molecule has 1 fully saturated rings. The summed E-state index contributed by atoms with van der Waals surface area (Å²) in [6.45, 7) is 1.84. The summed E-state index contributed by atoms with van der Waals surface area (Å²) in [5, 5.41) is 21.6. The Labute approximate surface area is 168 Å². The number of anilines is 1. The molecule has 0 aliphatic carbocycles. The predicted octanol–water partition coefficient (Wildman–Crippen LogP) is 3.39. The zero-order chi connectivity index (χ0) is 20.1. The number of ether oxygens (including phenoxy) is 2. The Morgan fingerprint density at radius 3 is 2.50 bits per heavy atom. The second kappa shape index (κ2) is 8.38. The number of hydrogen-bond acceptors (Lipinski definition) is 7. The molecule has 1 unspecified atom stereocenters. The van der Waals surface area contributed by atoms with Gasteiger partial charge in [0.05, 0.1) is 19.5 Å². The van der Waals surface area contributed by atoms with Crippen LogP contribution in [0.25, 0.3) is 0 Å². The minimum atomic E-state index is -1.43. The lowest BCUT2D eigenvalue weighted by Crippen LogP contribution is -2.43. The summed E-state index contributed by atoms with van der Waals surface area (Å²) < 4.78 is 10.3. The Balaban J connectivity index is 2.18. The van der Waals surface area contributed by atoms with Gasteiger partial charge in [-0.15, -0.1) is 11.8 Å². The van der Waals surface area contributed by atoms with Gasteiger partial charge in [0.2, 0.25) is 0 Å². The highest BCUT2D eigenvalue weighted by molar-refractivity contribution is 8.03. The largest absolute Gasteiger partial charge is 0.497 e. The zero-order valence-electron chi connectivity index (χ0n) is 15.6. The summed E-state index contributed by atoms with van der Waals surface area (Å²) in [6, 6.07) is 18.2. The van der Waals surface area contributed by atoms with Crippen molar-refractivity contribution in [1.82, 2.24) is 0 Å². The van der Waals surface area contributed by atoms with Crippen LogP contribution < -0.4 is 9.64 Å². The molecule has 144 valence electrons. The van der Waals surface area contributed by atoms with Crippen LogP contribution in [0.2, 0.25) is 0 Å². The topological polar surface area (TPSA) is 82.8 Å². The van der Waals surface area contributed by atoms with Gasteiger partial charge in [-0.05, 0) is 31.2 Å². The van der Waals surface area contributed by atoms with Crippen molar-refractivity contribution in [2.45, 2.75) is 12.6 Å². The van der Waals surface area contributed by atoms with Crippen LogP contribution in [0, 0.1) is 11.3 Å². The molecule has 1 aliphatic heterocycles. The molecule has 1 saturated heterocycles. The summed E-state index contributed by atoms with van der Waals surface area (Å²) in [7, 11) is 1.57. The number of aliphatic hydroxyl groups is 1. The Bertz CT molecular complexity index is 922. The minimum absolute atomic E-state index is 0.130. The molecule has 0 aromatic heterocycles. The van der Waals surface area contributed by atoms with Crippen LogP contribution in [0.4, 0.5) is 5.69 Å². The van der Waals surface area contributed by atoms with Gasteiger partial charge >= 0.3 is 5.97 Å². The van der Waals surface area contributed by atoms with Crippen molar-refractivity contribution in [1.29, 1.82) is 5.26 Å². The molecular formula is C21H20N2O4S. The quantitative estimate of drug-likeness (QED) is 0.471. The maximum absolute atomic E-state index is 12.3. The van der Waals surface area contributed by atoms with Gasteiger partial charge in [-0.2, -0.15) is 5.26 Å². The number of nitrogens with zero attached hydrogens (tertiary/aromatic N) is 2. The fourth-order valence-electron chi connectivity index (χ4n) is 3.01. The smallest absolute Gasteiger partial charge is 0.351 e.